The first kappa shape index (κ1) is 19.1. The summed E-state index contributed by atoms with van der Waals surface area (Å²) in [5, 5.41) is 9.93. The summed E-state index contributed by atoms with van der Waals surface area (Å²) in [6.07, 6.45) is 3.87. The molecule has 1 unspecified atom stereocenters. The van der Waals surface area contributed by atoms with Crippen LogP contribution in [0.4, 0.5) is 5.69 Å². The van der Waals surface area contributed by atoms with E-state index in [9.17, 15) is 9.59 Å². The van der Waals surface area contributed by atoms with Crippen LogP contribution in [-0.2, 0) is 0 Å². The Kier molecular flexibility index (Phi) is 5.26. The molecular weight excluding hydrogens is 392 g/mol. The molecule has 1 aliphatic heterocycles. The minimum absolute atomic E-state index is 0.0361. The number of aryl methyl sites for hydroxylation is 1. The highest BCUT2D eigenvalue weighted by Gasteiger charge is 2.30. The third-order valence-electron chi connectivity index (χ3n) is 4.92. The van der Waals surface area contributed by atoms with Crippen LogP contribution < -0.4 is 5.32 Å². The third kappa shape index (κ3) is 4.12. The number of benzene rings is 1. The summed E-state index contributed by atoms with van der Waals surface area (Å²) in [5.41, 5.74) is 2.12. The number of anilines is 1. The van der Waals surface area contributed by atoms with E-state index >= 15 is 0 Å². The number of aromatic nitrogens is 4. The molecule has 9 heteroatoms. The van der Waals surface area contributed by atoms with Crippen molar-refractivity contribution in [1.82, 2.24) is 25.1 Å². The second kappa shape index (κ2) is 8.00. The fourth-order valence-corrected chi connectivity index (χ4v) is 3.46. The number of rotatable bonds is 4. The molecule has 1 saturated heterocycles. The van der Waals surface area contributed by atoms with E-state index in [4.69, 9.17) is 11.6 Å². The number of halogens is 1. The third-order valence-corrected chi connectivity index (χ3v) is 5.17. The molecule has 0 saturated carbocycles. The highest BCUT2D eigenvalue weighted by molar-refractivity contribution is 6.30. The van der Waals surface area contributed by atoms with E-state index in [-0.39, 0.29) is 17.7 Å². The molecule has 0 radical (unpaired) electrons. The number of nitrogens with zero attached hydrogens (tertiary/aromatic N) is 4. The lowest BCUT2D eigenvalue weighted by atomic mass is 10.1. The van der Waals surface area contributed by atoms with Crippen LogP contribution in [0.15, 0.2) is 42.7 Å². The molecule has 0 aliphatic carbocycles. The van der Waals surface area contributed by atoms with Crippen molar-refractivity contribution in [3.63, 3.8) is 0 Å². The zero-order valence-electron chi connectivity index (χ0n) is 15.7. The molecule has 4 rings (SSSR count). The summed E-state index contributed by atoms with van der Waals surface area (Å²) in [7, 11) is 0. The largest absolute Gasteiger partial charge is 0.337 e. The Morgan fingerprint density at radius 2 is 2.03 bits per heavy atom. The van der Waals surface area contributed by atoms with Gasteiger partial charge in [-0.1, -0.05) is 11.6 Å². The molecule has 0 spiro atoms. The van der Waals surface area contributed by atoms with Gasteiger partial charge < -0.3 is 10.2 Å². The van der Waals surface area contributed by atoms with Crippen LogP contribution in [0.3, 0.4) is 0 Å². The average molecular weight is 411 g/mol. The Labute approximate surface area is 172 Å². The molecule has 2 amide bonds. The smallest absolute Gasteiger partial charge is 0.271 e. The quantitative estimate of drug-likeness (QED) is 0.688. The molecule has 3 aromatic rings. The topological polar surface area (TPSA) is 104 Å². The SMILES string of the molecule is Cc1nc(C2CCN(C(=O)c3ccn[nH]3)C2)ncc1C(=O)Nc1ccc(Cl)cc1. The Hall–Kier alpha value is -3.26. The van der Waals surface area contributed by atoms with E-state index < -0.39 is 0 Å². The lowest BCUT2D eigenvalue weighted by molar-refractivity contribution is 0.0784. The zero-order chi connectivity index (χ0) is 20.4. The molecule has 3 heterocycles. The van der Waals surface area contributed by atoms with Crippen LogP contribution in [0.5, 0.6) is 0 Å². The Bertz CT molecular complexity index is 1040. The number of likely N-dealkylation sites (tertiary alicyclic amines) is 1. The number of carbonyl (C=O) groups is 2. The van der Waals surface area contributed by atoms with Crippen LogP contribution in [-0.4, -0.2) is 50.0 Å². The monoisotopic (exact) mass is 410 g/mol. The summed E-state index contributed by atoms with van der Waals surface area (Å²) in [6, 6.07) is 8.54. The van der Waals surface area contributed by atoms with Gasteiger partial charge in [0.05, 0.1) is 11.3 Å². The lowest BCUT2D eigenvalue weighted by Crippen LogP contribution is -2.29. The highest BCUT2D eigenvalue weighted by Crippen LogP contribution is 2.26. The molecule has 29 heavy (non-hydrogen) atoms. The minimum atomic E-state index is -0.279. The maximum atomic E-state index is 12.5. The van der Waals surface area contributed by atoms with Crippen molar-refractivity contribution in [2.45, 2.75) is 19.3 Å². The second-order valence-electron chi connectivity index (χ2n) is 6.90. The highest BCUT2D eigenvalue weighted by atomic mass is 35.5. The molecule has 2 aromatic heterocycles. The van der Waals surface area contributed by atoms with Gasteiger partial charge in [-0.15, -0.1) is 0 Å². The molecular formula is C20H19ClN6O2. The molecule has 1 fully saturated rings. The number of amides is 2. The number of H-pyrrole nitrogens is 1. The van der Waals surface area contributed by atoms with Crippen molar-refractivity contribution >= 4 is 29.1 Å². The fraction of sp³-hybridized carbons (Fsp3) is 0.250. The molecule has 8 nitrogen and oxygen atoms in total. The van der Waals surface area contributed by atoms with Gasteiger partial charge >= 0.3 is 0 Å². The predicted octanol–water partition coefficient (Wildman–Crippen LogP) is 3.04. The first-order valence-corrected chi connectivity index (χ1v) is 9.58. The number of carbonyl (C=O) groups excluding carboxylic acids is 2. The number of hydrogen-bond donors (Lipinski definition) is 2. The lowest BCUT2D eigenvalue weighted by Gasteiger charge is -2.15. The van der Waals surface area contributed by atoms with E-state index in [1.807, 2.05) is 0 Å². The molecule has 2 N–H and O–H groups in total. The van der Waals surface area contributed by atoms with E-state index in [1.54, 1.807) is 54.5 Å². The minimum Gasteiger partial charge on any atom is -0.337 e. The molecule has 148 valence electrons. The molecule has 1 aromatic carbocycles. The Morgan fingerprint density at radius 1 is 1.24 bits per heavy atom. The number of nitrogens with one attached hydrogen (secondary N) is 2. The van der Waals surface area contributed by atoms with Crippen LogP contribution in [0.25, 0.3) is 0 Å². The van der Waals surface area contributed by atoms with Gasteiger partial charge in [0.25, 0.3) is 11.8 Å². The summed E-state index contributed by atoms with van der Waals surface area (Å²) in [6.45, 7) is 2.95. The van der Waals surface area contributed by atoms with Gasteiger partial charge in [0.2, 0.25) is 0 Å². The summed E-state index contributed by atoms with van der Waals surface area (Å²) in [5.74, 6) is 0.318. The van der Waals surface area contributed by atoms with Crippen LogP contribution in [0.1, 0.15) is 44.7 Å². The maximum Gasteiger partial charge on any atom is 0.271 e. The van der Waals surface area contributed by atoms with Gasteiger partial charge in [0, 0.05) is 42.1 Å². The van der Waals surface area contributed by atoms with Crippen molar-refractivity contribution in [2.75, 3.05) is 18.4 Å². The predicted molar refractivity (Wildman–Crippen MR) is 108 cm³/mol. The summed E-state index contributed by atoms with van der Waals surface area (Å²) in [4.78, 5) is 35.7. The molecule has 1 aliphatic rings. The number of aromatic amines is 1. The van der Waals surface area contributed by atoms with Gasteiger partial charge in [-0.3, -0.25) is 14.7 Å². The fourth-order valence-electron chi connectivity index (χ4n) is 3.34. The first-order chi connectivity index (χ1) is 14.0. The van der Waals surface area contributed by atoms with Gasteiger partial charge in [-0.2, -0.15) is 5.10 Å². The zero-order valence-corrected chi connectivity index (χ0v) is 16.5. The van der Waals surface area contributed by atoms with E-state index in [1.165, 1.54) is 0 Å². The van der Waals surface area contributed by atoms with Crippen molar-refractivity contribution in [3.05, 3.63) is 70.5 Å². The molecule has 0 bridgehead atoms. The maximum absolute atomic E-state index is 12.5. The van der Waals surface area contributed by atoms with E-state index in [0.717, 1.165) is 6.42 Å². The van der Waals surface area contributed by atoms with Crippen molar-refractivity contribution in [2.24, 2.45) is 0 Å². The van der Waals surface area contributed by atoms with Crippen molar-refractivity contribution in [1.29, 1.82) is 0 Å². The van der Waals surface area contributed by atoms with Gasteiger partial charge in [-0.25, -0.2) is 9.97 Å². The standard InChI is InChI=1S/C20H19ClN6O2/c1-12-16(19(28)25-15-4-2-14(21)3-5-15)10-22-18(24-12)13-7-9-27(11-13)20(29)17-6-8-23-26-17/h2-6,8,10,13H,7,9,11H2,1H3,(H,23,26)(H,25,28). The first-order valence-electron chi connectivity index (χ1n) is 9.20. The van der Waals surface area contributed by atoms with Crippen LogP contribution in [0, 0.1) is 6.92 Å². The van der Waals surface area contributed by atoms with Gasteiger partial charge in [0.1, 0.15) is 11.5 Å². The summed E-state index contributed by atoms with van der Waals surface area (Å²) < 4.78 is 0. The Balaban J connectivity index is 1.44. The van der Waals surface area contributed by atoms with E-state index in [0.29, 0.717) is 46.6 Å². The molecule has 1 atom stereocenters. The van der Waals surface area contributed by atoms with Crippen molar-refractivity contribution in [3.8, 4) is 0 Å². The van der Waals surface area contributed by atoms with Crippen LogP contribution in [0.2, 0.25) is 5.02 Å². The van der Waals surface area contributed by atoms with Gasteiger partial charge in [0.15, 0.2) is 0 Å². The number of hydrogen-bond acceptors (Lipinski definition) is 5. The van der Waals surface area contributed by atoms with E-state index in [2.05, 4.69) is 25.5 Å². The summed E-state index contributed by atoms with van der Waals surface area (Å²) >= 11 is 5.87. The van der Waals surface area contributed by atoms with Crippen LogP contribution >= 0.6 is 11.6 Å². The van der Waals surface area contributed by atoms with Crippen molar-refractivity contribution < 1.29 is 9.59 Å². The Morgan fingerprint density at radius 3 is 2.72 bits per heavy atom. The normalized spacial score (nSPS) is 16.1. The van der Waals surface area contributed by atoms with Gasteiger partial charge in [-0.05, 0) is 43.7 Å². The average Bonchev–Trinajstić information content (AvgIpc) is 3.41. The second-order valence-corrected chi connectivity index (χ2v) is 7.33.